The molecule has 0 aromatic carbocycles. The molecule has 84 valence electrons. The summed E-state index contributed by atoms with van der Waals surface area (Å²) in [6.45, 7) is 0.401. The van der Waals surface area contributed by atoms with Gasteiger partial charge in [-0.15, -0.1) is 0 Å². The molecule has 1 heterocycles. The van der Waals surface area contributed by atoms with Gasteiger partial charge < -0.3 is 10.5 Å². The molecular weight excluding hydrogens is 209 g/mol. The van der Waals surface area contributed by atoms with Gasteiger partial charge in [-0.25, -0.2) is 0 Å². The Labute approximate surface area is 85.1 Å². The normalized spacial score (nSPS) is 11.7. The van der Waals surface area contributed by atoms with Crippen LogP contribution in [-0.4, -0.2) is 18.7 Å². The van der Waals surface area contributed by atoms with E-state index in [4.69, 9.17) is 10.5 Å². The number of rotatable bonds is 3. The van der Waals surface area contributed by atoms with Gasteiger partial charge in [-0.3, -0.25) is 4.98 Å². The number of anilines is 1. The highest BCUT2D eigenvalue weighted by Crippen LogP contribution is 2.32. The Kier molecular flexibility index (Phi) is 3.52. The lowest BCUT2D eigenvalue weighted by atomic mass is 10.2. The van der Waals surface area contributed by atoms with Crippen LogP contribution in [0.1, 0.15) is 11.3 Å². The Morgan fingerprint density at radius 3 is 2.60 bits per heavy atom. The molecule has 0 fully saturated rings. The summed E-state index contributed by atoms with van der Waals surface area (Å²) in [5, 5.41) is 0. The smallest absolute Gasteiger partial charge is 0.398 e. The van der Waals surface area contributed by atoms with E-state index in [1.165, 1.54) is 13.2 Å². The lowest BCUT2D eigenvalue weighted by Gasteiger charge is -2.10. The van der Waals surface area contributed by atoms with Crippen molar-refractivity contribution in [2.45, 2.75) is 12.6 Å². The Bertz CT molecular complexity index is 339. The van der Waals surface area contributed by atoms with E-state index >= 15 is 0 Å². The number of halogens is 3. The summed E-state index contributed by atoms with van der Waals surface area (Å²) in [5.74, 6) is 0. The average Bonchev–Trinajstić information content (AvgIpc) is 2.12. The van der Waals surface area contributed by atoms with Crippen molar-refractivity contribution in [2.75, 3.05) is 19.5 Å². The zero-order valence-electron chi connectivity index (χ0n) is 8.14. The van der Waals surface area contributed by atoms with E-state index in [-0.39, 0.29) is 5.69 Å². The molecule has 0 bridgehead atoms. The fourth-order valence-corrected chi connectivity index (χ4v) is 1.10. The maximum atomic E-state index is 12.3. The largest absolute Gasteiger partial charge is 0.419 e. The summed E-state index contributed by atoms with van der Waals surface area (Å²) in [5.41, 5.74) is 4.57. The third-order valence-corrected chi connectivity index (χ3v) is 1.86. The van der Waals surface area contributed by atoms with Crippen LogP contribution in [-0.2, 0) is 17.3 Å². The van der Waals surface area contributed by atoms with Crippen molar-refractivity contribution in [1.29, 1.82) is 0 Å². The molecule has 0 aliphatic heterocycles. The fourth-order valence-electron chi connectivity index (χ4n) is 1.10. The molecule has 1 aromatic heterocycles. The van der Waals surface area contributed by atoms with Crippen molar-refractivity contribution in [3.63, 3.8) is 0 Å². The Hall–Kier alpha value is -1.30. The van der Waals surface area contributed by atoms with E-state index < -0.39 is 11.7 Å². The molecule has 6 heteroatoms. The molecule has 0 saturated carbocycles. The first-order valence-corrected chi connectivity index (χ1v) is 4.25. The summed E-state index contributed by atoms with van der Waals surface area (Å²) in [6.07, 6.45) is -3.25. The predicted molar refractivity (Wildman–Crippen MR) is 49.2 cm³/mol. The summed E-state index contributed by atoms with van der Waals surface area (Å²) < 4.78 is 41.6. The van der Waals surface area contributed by atoms with E-state index in [0.717, 1.165) is 6.20 Å². The van der Waals surface area contributed by atoms with Gasteiger partial charge in [-0.1, -0.05) is 0 Å². The molecule has 15 heavy (non-hydrogen) atoms. The number of pyridine rings is 1. The molecule has 0 aliphatic rings. The van der Waals surface area contributed by atoms with Crippen LogP contribution in [0.5, 0.6) is 0 Å². The minimum absolute atomic E-state index is 0.302. The van der Waals surface area contributed by atoms with Gasteiger partial charge in [0.2, 0.25) is 0 Å². The van der Waals surface area contributed by atoms with Crippen LogP contribution in [0, 0.1) is 0 Å². The highest BCUT2D eigenvalue weighted by molar-refractivity contribution is 5.48. The maximum Gasteiger partial charge on any atom is 0.419 e. The number of methoxy groups -OCH3 is 1. The van der Waals surface area contributed by atoms with Crippen molar-refractivity contribution < 1.29 is 17.9 Å². The van der Waals surface area contributed by atoms with Crippen molar-refractivity contribution >= 4 is 5.69 Å². The predicted octanol–water partition coefficient (Wildman–Crippen LogP) is 1.87. The number of alkyl halides is 3. The van der Waals surface area contributed by atoms with Crippen LogP contribution >= 0.6 is 0 Å². The minimum atomic E-state index is -4.45. The average molecular weight is 220 g/mol. The van der Waals surface area contributed by atoms with Crippen LogP contribution in [0.25, 0.3) is 0 Å². The second-order valence-corrected chi connectivity index (χ2v) is 3.00. The molecular formula is C9H11F3N2O. The Morgan fingerprint density at radius 2 is 2.13 bits per heavy atom. The van der Waals surface area contributed by atoms with Crippen molar-refractivity contribution in [3.8, 4) is 0 Å². The third kappa shape index (κ3) is 3.09. The van der Waals surface area contributed by atoms with Crippen LogP contribution in [0.3, 0.4) is 0 Å². The SMILES string of the molecule is COCCc1cc(N)c(C(F)(F)F)cn1. The number of ether oxygens (including phenoxy) is 1. The second kappa shape index (κ2) is 4.48. The second-order valence-electron chi connectivity index (χ2n) is 3.00. The van der Waals surface area contributed by atoms with Crippen LogP contribution in [0.15, 0.2) is 12.3 Å². The van der Waals surface area contributed by atoms with E-state index in [2.05, 4.69) is 4.98 Å². The lowest BCUT2D eigenvalue weighted by molar-refractivity contribution is -0.137. The highest BCUT2D eigenvalue weighted by Gasteiger charge is 2.33. The summed E-state index contributed by atoms with van der Waals surface area (Å²) in [7, 11) is 1.51. The molecule has 0 saturated heterocycles. The van der Waals surface area contributed by atoms with Crippen molar-refractivity contribution in [2.24, 2.45) is 0 Å². The molecule has 0 aliphatic carbocycles. The van der Waals surface area contributed by atoms with Gasteiger partial charge in [0.25, 0.3) is 0 Å². The van der Waals surface area contributed by atoms with E-state index in [0.29, 0.717) is 18.7 Å². The zero-order valence-corrected chi connectivity index (χ0v) is 8.14. The molecule has 0 atom stereocenters. The van der Waals surface area contributed by atoms with Gasteiger partial charge in [0.15, 0.2) is 0 Å². The molecule has 0 radical (unpaired) electrons. The van der Waals surface area contributed by atoms with E-state index in [1.807, 2.05) is 0 Å². The summed E-state index contributed by atoms with van der Waals surface area (Å²) >= 11 is 0. The maximum absolute atomic E-state index is 12.3. The Balaban J connectivity index is 2.89. The van der Waals surface area contributed by atoms with Gasteiger partial charge in [-0.05, 0) is 6.07 Å². The van der Waals surface area contributed by atoms with Gasteiger partial charge in [0, 0.05) is 31.1 Å². The molecule has 1 aromatic rings. The quantitative estimate of drug-likeness (QED) is 0.845. The number of nitrogen functional groups attached to an aromatic ring is 1. The zero-order chi connectivity index (χ0) is 11.5. The molecule has 0 unspecified atom stereocenters. The number of aromatic nitrogens is 1. The number of nitrogens with zero attached hydrogens (tertiary/aromatic N) is 1. The first kappa shape index (κ1) is 11.8. The van der Waals surface area contributed by atoms with Gasteiger partial charge in [0.1, 0.15) is 0 Å². The number of hydrogen-bond acceptors (Lipinski definition) is 3. The van der Waals surface area contributed by atoms with E-state index in [1.54, 1.807) is 0 Å². The van der Waals surface area contributed by atoms with Gasteiger partial charge in [-0.2, -0.15) is 13.2 Å². The topological polar surface area (TPSA) is 48.1 Å². The van der Waals surface area contributed by atoms with Crippen molar-refractivity contribution in [3.05, 3.63) is 23.5 Å². The standard InChI is InChI=1S/C9H11F3N2O/c1-15-3-2-6-4-8(13)7(5-14-6)9(10,11)12/h4-5H,2-3H2,1H3,(H2,13,14). The molecule has 1 rings (SSSR count). The van der Waals surface area contributed by atoms with E-state index in [9.17, 15) is 13.2 Å². The molecule has 3 nitrogen and oxygen atoms in total. The molecule has 0 spiro atoms. The first-order chi connectivity index (χ1) is 6.95. The summed E-state index contributed by atoms with van der Waals surface area (Å²) in [4.78, 5) is 3.66. The third-order valence-electron chi connectivity index (χ3n) is 1.86. The van der Waals surface area contributed by atoms with Crippen molar-refractivity contribution in [1.82, 2.24) is 4.98 Å². The fraction of sp³-hybridized carbons (Fsp3) is 0.444. The number of nitrogens with two attached hydrogens (primary N) is 1. The minimum Gasteiger partial charge on any atom is -0.398 e. The van der Waals surface area contributed by atoms with Crippen LogP contribution in [0.4, 0.5) is 18.9 Å². The molecule has 0 amide bonds. The van der Waals surface area contributed by atoms with Gasteiger partial charge >= 0.3 is 6.18 Å². The van der Waals surface area contributed by atoms with Crippen LogP contribution in [0.2, 0.25) is 0 Å². The first-order valence-electron chi connectivity index (χ1n) is 4.25. The highest BCUT2D eigenvalue weighted by atomic mass is 19.4. The van der Waals surface area contributed by atoms with Gasteiger partial charge in [0.05, 0.1) is 12.2 Å². The summed E-state index contributed by atoms with van der Waals surface area (Å²) in [6, 6.07) is 1.22. The monoisotopic (exact) mass is 220 g/mol. The number of hydrogen-bond donors (Lipinski definition) is 1. The lowest BCUT2D eigenvalue weighted by Crippen LogP contribution is -2.11. The van der Waals surface area contributed by atoms with Crippen LogP contribution < -0.4 is 5.73 Å². The Morgan fingerprint density at radius 1 is 1.47 bits per heavy atom. The molecule has 2 N–H and O–H groups in total.